The second-order valence-electron chi connectivity index (χ2n) is 5.26. The van der Waals surface area contributed by atoms with Crippen LogP contribution in [0.2, 0.25) is 0 Å². The minimum Gasteiger partial charge on any atom is -0.493 e. The molecule has 2 rings (SSSR count). The van der Waals surface area contributed by atoms with Crippen molar-refractivity contribution in [1.29, 1.82) is 0 Å². The molecule has 0 atom stereocenters. The third kappa shape index (κ3) is 3.78. The number of carbonyl (C=O) groups excluding carboxylic acids is 1. The first kappa shape index (κ1) is 15.4. The molecule has 0 spiro atoms. The Kier molecular flexibility index (Phi) is 4.90. The van der Waals surface area contributed by atoms with E-state index in [2.05, 4.69) is 17.3 Å². The SMILES string of the molecule is COc1cc(N)c(C(=O)NCCN(C)C2CC2)cc1OC. The molecule has 6 nitrogen and oxygen atoms in total. The maximum Gasteiger partial charge on any atom is 0.253 e. The maximum atomic E-state index is 12.2. The second kappa shape index (κ2) is 6.67. The normalized spacial score (nSPS) is 14.1. The number of ether oxygens (including phenoxy) is 2. The summed E-state index contributed by atoms with van der Waals surface area (Å²) in [6.07, 6.45) is 2.51. The molecule has 1 aliphatic carbocycles. The topological polar surface area (TPSA) is 76.8 Å². The van der Waals surface area contributed by atoms with Gasteiger partial charge in [-0.3, -0.25) is 4.79 Å². The summed E-state index contributed by atoms with van der Waals surface area (Å²) < 4.78 is 10.3. The first-order valence-electron chi connectivity index (χ1n) is 7.06. The summed E-state index contributed by atoms with van der Waals surface area (Å²) >= 11 is 0. The molecule has 1 aliphatic rings. The zero-order chi connectivity index (χ0) is 15.4. The smallest absolute Gasteiger partial charge is 0.253 e. The molecule has 6 heteroatoms. The quantitative estimate of drug-likeness (QED) is 0.736. The second-order valence-corrected chi connectivity index (χ2v) is 5.26. The van der Waals surface area contributed by atoms with Crippen LogP contribution in [0.5, 0.6) is 11.5 Å². The van der Waals surface area contributed by atoms with Crippen molar-refractivity contribution in [3.8, 4) is 11.5 Å². The molecule has 0 aromatic heterocycles. The Morgan fingerprint density at radius 1 is 1.33 bits per heavy atom. The average Bonchev–Trinajstić information content (AvgIpc) is 3.31. The Morgan fingerprint density at radius 3 is 2.52 bits per heavy atom. The first-order chi connectivity index (χ1) is 10.1. The fourth-order valence-corrected chi connectivity index (χ4v) is 2.23. The number of nitrogens with zero attached hydrogens (tertiary/aromatic N) is 1. The van der Waals surface area contributed by atoms with E-state index in [9.17, 15) is 4.79 Å². The van der Waals surface area contributed by atoms with E-state index >= 15 is 0 Å². The van der Waals surface area contributed by atoms with E-state index in [0.717, 1.165) is 6.54 Å². The number of hydrogen-bond acceptors (Lipinski definition) is 5. The van der Waals surface area contributed by atoms with Crippen LogP contribution in [0.3, 0.4) is 0 Å². The van der Waals surface area contributed by atoms with Crippen LogP contribution in [0, 0.1) is 0 Å². The summed E-state index contributed by atoms with van der Waals surface area (Å²) in [5.41, 5.74) is 6.68. The van der Waals surface area contributed by atoms with Crippen molar-refractivity contribution in [2.24, 2.45) is 0 Å². The van der Waals surface area contributed by atoms with Gasteiger partial charge in [0.2, 0.25) is 0 Å². The molecule has 116 valence electrons. The number of benzene rings is 1. The molecule has 1 aromatic rings. The number of anilines is 1. The lowest BCUT2D eigenvalue weighted by molar-refractivity contribution is 0.0950. The summed E-state index contributed by atoms with van der Waals surface area (Å²) in [5, 5.41) is 2.89. The van der Waals surface area contributed by atoms with Gasteiger partial charge in [0.25, 0.3) is 5.91 Å². The number of likely N-dealkylation sites (N-methyl/N-ethyl adjacent to an activating group) is 1. The number of hydrogen-bond donors (Lipinski definition) is 2. The van der Waals surface area contributed by atoms with E-state index in [1.165, 1.54) is 27.1 Å². The van der Waals surface area contributed by atoms with Gasteiger partial charge in [0.05, 0.1) is 19.8 Å². The van der Waals surface area contributed by atoms with Crippen molar-refractivity contribution in [2.45, 2.75) is 18.9 Å². The monoisotopic (exact) mass is 293 g/mol. The number of rotatable bonds is 7. The van der Waals surface area contributed by atoms with Crippen LogP contribution in [0.25, 0.3) is 0 Å². The highest BCUT2D eigenvalue weighted by atomic mass is 16.5. The molecular weight excluding hydrogens is 270 g/mol. The Balaban J connectivity index is 1.97. The lowest BCUT2D eigenvalue weighted by atomic mass is 10.1. The van der Waals surface area contributed by atoms with E-state index in [1.54, 1.807) is 12.1 Å². The predicted molar refractivity (Wildman–Crippen MR) is 81.9 cm³/mol. The Morgan fingerprint density at radius 2 is 1.95 bits per heavy atom. The van der Waals surface area contributed by atoms with Crippen LogP contribution in [0.1, 0.15) is 23.2 Å². The number of nitrogens with two attached hydrogens (primary N) is 1. The highest BCUT2D eigenvalue weighted by Gasteiger charge is 2.25. The number of amides is 1. The minimum absolute atomic E-state index is 0.197. The van der Waals surface area contributed by atoms with E-state index in [-0.39, 0.29) is 5.91 Å². The Hall–Kier alpha value is -1.95. The van der Waals surface area contributed by atoms with Crippen molar-refractivity contribution in [2.75, 3.05) is 40.1 Å². The van der Waals surface area contributed by atoms with Crippen LogP contribution in [-0.4, -0.2) is 51.2 Å². The summed E-state index contributed by atoms with van der Waals surface area (Å²) in [4.78, 5) is 14.5. The molecule has 0 saturated heterocycles. The summed E-state index contributed by atoms with van der Waals surface area (Å²) in [5.74, 6) is 0.810. The van der Waals surface area contributed by atoms with E-state index in [0.29, 0.717) is 35.3 Å². The minimum atomic E-state index is -0.197. The third-order valence-corrected chi connectivity index (χ3v) is 3.72. The van der Waals surface area contributed by atoms with E-state index < -0.39 is 0 Å². The highest BCUT2D eigenvalue weighted by molar-refractivity contribution is 6.00. The molecule has 0 heterocycles. The van der Waals surface area contributed by atoms with Gasteiger partial charge in [-0.2, -0.15) is 0 Å². The molecule has 1 saturated carbocycles. The Labute approximate surface area is 125 Å². The largest absolute Gasteiger partial charge is 0.493 e. The molecule has 0 aliphatic heterocycles. The van der Waals surface area contributed by atoms with Gasteiger partial charge in [0.15, 0.2) is 11.5 Å². The van der Waals surface area contributed by atoms with Crippen molar-refractivity contribution in [1.82, 2.24) is 10.2 Å². The van der Waals surface area contributed by atoms with Crippen LogP contribution < -0.4 is 20.5 Å². The van der Waals surface area contributed by atoms with Crippen LogP contribution in [-0.2, 0) is 0 Å². The van der Waals surface area contributed by atoms with Gasteiger partial charge in [0.1, 0.15) is 0 Å². The maximum absolute atomic E-state index is 12.2. The molecule has 0 radical (unpaired) electrons. The third-order valence-electron chi connectivity index (χ3n) is 3.72. The molecule has 3 N–H and O–H groups in total. The zero-order valence-corrected chi connectivity index (χ0v) is 12.8. The van der Waals surface area contributed by atoms with Crippen molar-refractivity contribution < 1.29 is 14.3 Å². The fraction of sp³-hybridized carbons (Fsp3) is 0.533. The molecule has 0 bridgehead atoms. The van der Waals surface area contributed by atoms with Crippen molar-refractivity contribution >= 4 is 11.6 Å². The molecule has 21 heavy (non-hydrogen) atoms. The van der Waals surface area contributed by atoms with Crippen LogP contribution >= 0.6 is 0 Å². The predicted octanol–water partition coefficient (Wildman–Crippen LogP) is 1.11. The van der Waals surface area contributed by atoms with Crippen molar-refractivity contribution in [3.63, 3.8) is 0 Å². The summed E-state index contributed by atoms with van der Waals surface area (Å²) in [6.45, 7) is 1.43. The van der Waals surface area contributed by atoms with Gasteiger partial charge in [-0.1, -0.05) is 0 Å². The fourth-order valence-electron chi connectivity index (χ4n) is 2.23. The van der Waals surface area contributed by atoms with Crippen molar-refractivity contribution in [3.05, 3.63) is 17.7 Å². The molecule has 1 aromatic carbocycles. The Bertz CT molecular complexity index is 515. The van der Waals surface area contributed by atoms with E-state index in [1.807, 2.05) is 0 Å². The lowest BCUT2D eigenvalue weighted by Gasteiger charge is -2.16. The van der Waals surface area contributed by atoms with Gasteiger partial charge < -0.3 is 25.4 Å². The molecule has 0 unspecified atom stereocenters. The average molecular weight is 293 g/mol. The van der Waals surface area contributed by atoms with Gasteiger partial charge in [-0.25, -0.2) is 0 Å². The van der Waals surface area contributed by atoms with E-state index in [4.69, 9.17) is 15.2 Å². The van der Waals surface area contributed by atoms with Crippen LogP contribution in [0.15, 0.2) is 12.1 Å². The van der Waals surface area contributed by atoms with Gasteiger partial charge in [0, 0.05) is 30.9 Å². The zero-order valence-electron chi connectivity index (χ0n) is 12.8. The number of methoxy groups -OCH3 is 2. The summed E-state index contributed by atoms with van der Waals surface area (Å²) in [7, 11) is 5.14. The van der Waals surface area contributed by atoms with Crippen LogP contribution in [0.4, 0.5) is 5.69 Å². The highest BCUT2D eigenvalue weighted by Crippen LogP contribution is 2.31. The van der Waals surface area contributed by atoms with Gasteiger partial charge >= 0.3 is 0 Å². The number of nitrogen functional groups attached to an aromatic ring is 1. The van der Waals surface area contributed by atoms with Gasteiger partial charge in [-0.15, -0.1) is 0 Å². The van der Waals surface area contributed by atoms with Gasteiger partial charge in [-0.05, 0) is 26.0 Å². The summed E-state index contributed by atoms with van der Waals surface area (Å²) in [6, 6.07) is 3.89. The molecule has 1 amide bonds. The molecule has 1 fully saturated rings. The standard InChI is InChI=1S/C15H23N3O3/c1-18(10-4-5-10)7-6-17-15(19)11-8-13(20-2)14(21-3)9-12(11)16/h8-10H,4-7,16H2,1-3H3,(H,17,19). The molecular formula is C15H23N3O3. The lowest BCUT2D eigenvalue weighted by Crippen LogP contribution is -2.34. The first-order valence-corrected chi connectivity index (χ1v) is 7.06. The number of carbonyl (C=O) groups is 1. The number of nitrogens with one attached hydrogen (secondary N) is 1.